The fourth-order valence-electron chi connectivity index (χ4n) is 2.75. The van der Waals surface area contributed by atoms with E-state index in [4.69, 9.17) is 23.2 Å². The van der Waals surface area contributed by atoms with Crippen LogP contribution in [0.5, 0.6) is 0 Å². The zero-order valence-corrected chi connectivity index (χ0v) is 11.3. The second kappa shape index (κ2) is 6.06. The predicted molar refractivity (Wildman–Crippen MR) is 71.3 cm³/mol. The number of rotatable bonds is 4. The van der Waals surface area contributed by atoms with E-state index in [9.17, 15) is 4.39 Å². The van der Waals surface area contributed by atoms with Gasteiger partial charge in [-0.2, -0.15) is 0 Å². The summed E-state index contributed by atoms with van der Waals surface area (Å²) in [5.74, 6) is 1.52. The van der Waals surface area contributed by atoms with Crippen LogP contribution in [0.1, 0.15) is 31.2 Å². The summed E-state index contributed by atoms with van der Waals surface area (Å²) in [5.41, 5.74) is 1.00. The summed E-state index contributed by atoms with van der Waals surface area (Å²) in [6.45, 7) is 0. The highest BCUT2D eigenvalue weighted by Crippen LogP contribution is 2.34. The molecule has 3 heteroatoms. The second-order valence-electron chi connectivity index (χ2n) is 4.91. The molecule has 1 saturated carbocycles. The van der Waals surface area contributed by atoms with Crippen LogP contribution in [0.25, 0.3) is 0 Å². The monoisotopic (exact) mass is 274 g/mol. The third kappa shape index (κ3) is 3.35. The summed E-state index contributed by atoms with van der Waals surface area (Å²) in [4.78, 5) is 0. The van der Waals surface area contributed by atoms with Crippen molar-refractivity contribution < 1.29 is 4.39 Å². The minimum absolute atomic E-state index is 0.192. The van der Waals surface area contributed by atoms with Gasteiger partial charge in [0.15, 0.2) is 0 Å². The van der Waals surface area contributed by atoms with Gasteiger partial charge in [0, 0.05) is 5.88 Å². The summed E-state index contributed by atoms with van der Waals surface area (Å²) in [6.07, 6.45) is 6.03. The first-order valence-corrected chi connectivity index (χ1v) is 7.12. The predicted octanol–water partition coefficient (Wildman–Crippen LogP) is 5.07. The molecule has 1 unspecified atom stereocenters. The molecule has 1 atom stereocenters. The molecule has 1 fully saturated rings. The first-order chi connectivity index (χ1) is 8.20. The largest absolute Gasteiger partial charge is 0.205 e. The number of benzene rings is 1. The molecule has 17 heavy (non-hydrogen) atoms. The highest BCUT2D eigenvalue weighted by molar-refractivity contribution is 6.30. The van der Waals surface area contributed by atoms with Gasteiger partial charge in [-0.15, -0.1) is 11.6 Å². The van der Waals surface area contributed by atoms with Crippen molar-refractivity contribution in [2.75, 3.05) is 5.88 Å². The average molecular weight is 275 g/mol. The van der Waals surface area contributed by atoms with Crippen LogP contribution in [0.3, 0.4) is 0 Å². The summed E-state index contributed by atoms with van der Waals surface area (Å²) in [5, 5.41) is 0.192. The van der Waals surface area contributed by atoms with Gasteiger partial charge >= 0.3 is 0 Å². The Morgan fingerprint density at radius 2 is 2.00 bits per heavy atom. The standard InChI is InChI=1S/C14H17Cl2F/c15-9-12(11-3-1-2-4-11)7-10-5-6-13(16)14(17)8-10/h5-6,8,11-12H,1-4,7,9H2. The normalized spacial score (nSPS) is 18.5. The quantitative estimate of drug-likeness (QED) is 0.673. The molecule has 0 bridgehead atoms. The van der Waals surface area contributed by atoms with E-state index in [1.807, 2.05) is 6.07 Å². The van der Waals surface area contributed by atoms with E-state index >= 15 is 0 Å². The fraction of sp³-hybridized carbons (Fsp3) is 0.571. The lowest BCUT2D eigenvalue weighted by Crippen LogP contribution is -2.16. The summed E-state index contributed by atoms with van der Waals surface area (Å²) in [6, 6.07) is 5.07. The van der Waals surface area contributed by atoms with Crippen LogP contribution in [0.2, 0.25) is 5.02 Å². The fourth-order valence-corrected chi connectivity index (χ4v) is 3.22. The van der Waals surface area contributed by atoms with E-state index in [0.717, 1.165) is 12.0 Å². The van der Waals surface area contributed by atoms with Crippen molar-refractivity contribution in [3.63, 3.8) is 0 Å². The average Bonchev–Trinajstić information content (AvgIpc) is 2.84. The number of hydrogen-bond acceptors (Lipinski definition) is 0. The van der Waals surface area contributed by atoms with Gasteiger partial charge in [0.05, 0.1) is 5.02 Å². The number of halogens is 3. The van der Waals surface area contributed by atoms with E-state index in [2.05, 4.69) is 0 Å². The van der Waals surface area contributed by atoms with Crippen LogP contribution in [0.4, 0.5) is 4.39 Å². The maximum Gasteiger partial charge on any atom is 0.142 e. The van der Waals surface area contributed by atoms with E-state index in [1.165, 1.54) is 31.7 Å². The number of alkyl halides is 1. The Bertz CT molecular complexity index is 372. The molecule has 0 saturated heterocycles. The summed E-state index contributed by atoms with van der Waals surface area (Å²) < 4.78 is 13.3. The Balaban J connectivity index is 2.04. The Morgan fingerprint density at radius 3 is 2.59 bits per heavy atom. The molecule has 1 aliphatic carbocycles. The van der Waals surface area contributed by atoms with Crippen LogP contribution in [-0.4, -0.2) is 5.88 Å². The molecule has 1 aromatic rings. The van der Waals surface area contributed by atoms with Crippen molar-refractivity contribution in [1.82, 2.24) is 0 Å². The lowest BCUT2D eigenvalue weighted by atomic mass is 9.87. The highest BCUT2D eigenvalue weighted by atomic mass is 35.5. The zero-order chi connectivity index (χ0) is 12.3. The van der Waals surface area contributed by atoms with E-state index < -0.39 is 0 Å². The van der Waals surface area contributed by atoms with Crippen LogP contribution in [-0.2, 0) is 6.42 Å². The first-order valence-electron chi connectivity index (χ1n) is 6.20. The first kappa shape index (κ1) is 13.2. The minimum Gasteiger partial charge on any atom is -0.205 e. The van der Waals surface area contributed by atoms with Gasteiger partial charge in [0.2, 0.25) is 0 Å². The molecule has 0 nitrogen and oxygen atoms in total. The molecule has 1 aliphatic rings. The highest BCUT2D eigenvalue weighted by Gasteiger charge is 2.24. The molecule has 0 amide bonds. The zero-order valence-electron chi connectivity index (χ0n) is 9.76. The van der Waals surface area contributed by atoms with Crippen molar-refractivity contribution in [1.29, 1.82) is 0 Å². The molecular formula is C14H17Cl2F. The Hall–Kier alpha value is -0.270. The molecule has 0 radical (unpaired) electrons. The van der Waals surface area contributed by atoms with E-state index in [1.54, 1.807) is 6.07 Å². The third-order valence-corrected chi connectivity index (χ3v) is 4.45. The van der Waals surface area contributed by atoms with Gasteiger partial charge in [0.25, 0.3) is 0 Å². The van der Waals surface area contributed by atoms with Gasteiger partial charge < -0.3 is 0 Å². The smallest absolute Gasteiger partial charge is 0.142 e. The molecule has 2 rings (SSSR count). The SMILES string of the molecule is Fc1cc(CC(CCl)C2CCCC2)ccc1Cl. The molecular weight excluding hydrogens is 258 g/mol. The van der Waals surface area contributed by atoms with Crippen molar-refractivity contribution in [2.24, 2.45) is 11.8 Å². The third-order valence-electron chi connectivity index (χ3n) is 3.75. The molecule has 1 aromatic carbocycles. The van der Waals surface area contributed by atoms with Crippen LogP contribution >= 0.6 is 23.2 Å². The van der Waals surface area contributed by atoms with Crippen molar-refractivity contribution in [3.05, 3.63) is 34.6 Å². The van der Waals surface area contributed by atoms with Gasteiger partial charge in [-0.3, -0.25) is 0 Å². The Morgan fingerprint density at radius 1 is 1.29 bits per heavy atom. The van der Waals surface area contributed by atoms with E-state index in [0.29, 0.717) is 17.7 Å². The maximum atomic E-state index is 13.3. The Labute approximate surface area is 112 Å². The molecule has 0 aliphatic heterocycles. The van der Waals surface area contributed by atoms with Crippen molar-refractivity contribution >= 4 is 23.2 Å². The van der Waals surface area contributed by atoms with E-state index in [-0.39, 0.29) is 10.8 Å². The van der Waals surface area contributed by atoms with Gasteiger partial charge in [-0.1, -0.05) is 43.4 Å². The number of hydrogen-bond donors (Lipinski definition) is 0. The van der Waals surface area contributed by atoms with Gasteiger partial charge in [0.1, 0.15) is 5.82 Å². The minimum atomic E-state index is -0.330. The molecule has 0 N–H and O–H groups in total. The molecule has 0 heterocycles. The van der Waals surface area contributed by atoms with Crippen LogP contribution in [0, 0.1) is 17.7 Å². The lowest BCUT2D eigenvalue weighted by Gasteiger charge is -2.21. The van der Waals surface area contributed by atoms with Crippen LogP contribution in [0.15, 0.2) is 18.2 Å². The van der Waals surface area contributed by atoms with Gasteiger partial charge in [-0.25, -0.2) is 4.39 Å². The molecule has 0 spiro atoms. The molecule has 0 aromatic heterocycles. The Kier molecular flexibility index (Phi) is 4.69. The second-order valence-corrected chi connectivity index (χ2v) is 5.63. The van der Waals surface area contributed by atoms with Crippen molar-refractivity contribution in [2.45, 2.75) is 32.1 Å². The maximum absolute atomic E-state index is 13.3. The lowest BCUT2D eigenvalue weighted by molar-refractivity contribution is 0.369. The molecule has 94 valence electrons. The summed E-state index contributed by atoms with van der Waals surface area (Å²) >= 11 is 11.7. The van der Waals surface area contributed by atoms with Crippen molar-refractivity contribution in [3.8, 4) is 0 Å². The summed E-state index contributed by atoms with van der Waals surface area (Å²) in [7, 11) is 0. The van der Waals surface area contributed by atoms with Gasteiger partial charge in [-0.05, 0) is 36.0 Å². The topological polar surface area (TPSA) is 0 Å². The van der Waals surface area contributed by atoms with Crippen LogP contribution < -0.4 is 0 Å².